The third kappa shape index (κ3) is 13.4. The number of fused-ring (bicyclic) bond motifs is 1. The smallest absolute Gasteiger partial charge is 0.362 e. The van der Waals surface area contributed by atoms with Crippen LogP contribution < -0.4 is 0 Å². The van der Waals surface area contributed by atoms with Gasteiger partial charge in [0.05, 0.1) is 50.0 Å². The zero-order valence-corrected chi connectivity index (χ0v) is 48.4. The highest BCUT2D eigenvalue weighted by molar-refractivity contribution is 8.14. The molecule has 0 aromatic carbocycles. The summed E-state index contributed by atoms with van der Waals surface area (Å²) >= 11 is 2.55. The standard InChI is InChI=1S/C27H48NO9PSSi.C21H33NO5SSi/c1-11-17-33-25(30)23(38(34-12-2,35-13-3)36-14-4)28-22(29)21(19(5)37-40(9,10)27(6,7)8)24(28)39-26(31)20-16-15-18-32-20;1-8-11-26-20(24)16-17(14-10-9-12-25-14)28-19-15(18(23)22(16)19)13(2)27-29(6,7)21(3,4)5/h11,19-21,24H,1,12-18H2,2-10H3;8,13-15,19H,1,9-12H2,2-7H3/t19-,20?,21+,24-;13-,14?,15+,19-/m11/s1. The lowest BCUT2D eigenvalue weighted by molar-refractivity contribution is -0.157. The van der Waals surface area contributed by atoms with E-state index in [9.17, 15) is 24.0 Å². The molecule has 8 atom stereocenters. The van der Waals surface area contributed by atoms with Gasteiger partial charge in [0.2, 0.25) is 22.3 Å². The molecule has 2 amide bonds. The third-order valence-electron chi connectivity index (χ3n) is 13.6. The van der Waals surface area contributed by atoms with Crippen LogP contribution in [0.5, 0.6) is 0 Å². The molecule has 0 aromatic heterocycles. The zero-order chi connectivity index (χ0) is 51.9. The molecule has 4 saturated heterocycles. The second-order valence-electron chi connectivity index (χ2n) is 20.5. The maximum atomic E-state index is 14.0. The third-order valence-corrected chi connectivity index (χ3v) is 28.1. The SMILES string of the molecule is C=CCOC(=O)C(N1C(=O)[C@H]([C@@H](C)O[Si](C)(C)C(C)(C)C)[C@H]1SC(=O)C1CCCO1)=P(OCC)(OCC)OCC.C=CCOC(=O)C1=C(C2CCCO2)S[C@@H]2[C@@H]([C@@H](C)O[Si](C)(C)C(C)(C)C)C(=O)N12. The van der Waals surface area contributed by atoms with Gasteiger partial charge in [-0.15, -0.1) is 0 Å². The maximum Gasteiger partial charge on any atom is 0.362 e. The molecule has 0 saturated carbocycles. The van der Waals surface area contributed by atoms with Crippen LogP contribution in [0.4, 0.5) is 0 Å². The van der Waals surface area contributed by atoms with Crippen LogP contribution >= 0.6 is 31.1 Å². The molecule has 0 aromatic rings. The molecule has 5 aliphatic heterocycles. The number of hydrogen-bond donors (Lipinski definition) is 0. The summed E-state index contributed by atoms with van der Waals surface area (Å²) < 4.78 is 53.4. The van der Waals surface area contributed by atoms with E-state index in [0.717, 1.165) is 35.9 Å². The zero-order valence-electron chi connectivity index (χ0n) is 43.8. The Morgan fingerprint density at radius 2 is 1.30 bits per heavy atom. The molecule has 0 aliphatic carbocycles. The van der Waals surface area contributed by atoms with Crippen LogP contribution in [0.3, 0.4) is 0 Å². The largest absolute Gasteiger partial charge is 0.457 e. The number of carbonyl (C=O) groups is 5. The van der Waals surface area contributed by atoms with E-state index in [1.165, 1.54) is 17.1 Å². The fraction of sp³-hybridized carbons (Fsp3) is 0.750. The predicted molar refractivity (Wildman–Crippen MR) is 278 cm³/mol. The maximum absolute atomic E-state index is 14.0. The molecule has 5 rings (SSSR count). The highest BCUT2D eigenvalue weighted by Crippen LogP contribution is 2.57. The van der Waals surface area contributed by atoms with Gasteiger partial charge in [0.15, 0.2) is 16.6 Å². The van der Waals surface area contributed by atoms with Crippen molar-refractivity contribution in [3.8, 4) is 0 Å². The molecule has 21 heteroatoms. The van der Waals surface area contributed by atoms with Crippen molar-refractivity contribution in [3.63, 3.8) is 0 Å². The van der Waals surface area contributed by atoms with Crippen molar-refractivity contribution in [3.05, 3.63) is 35.9 Å². The number of likely N-dealkylation sites (tertiary alicyclic amines) is 1. The molecule has 5 aliphatic rings. The molecule has 0 radical (unpaired) electrons. The van der Waals surface area contributed by atoms with Gasteiger partial charge in [-0.05, 0) is 96.6 Å². The lowest BCUT2D eigenvalue weighted by atomic mass is 9.92. The van der Waals surface area contributed by atoms with Gasteiger partial charge in [0.25, 0.3) is 7.57 Å². The number of thioether (sulfide) groups is 2. The summed E-state index contributed by atoms with van der Waals surface area (Å²) in [6.07, 6.45) is 4.75. The van der Waals surface area contributed by atoms with Crippen LogP contribution in [-0.4, -0.2) is 142 Å². The van der Waals surface area contributed by atoms with Crippen molar-refractivity contribution in [2.45, 2.75) is 173 Å². The second kappa shape index (κ2) is 24.8. The van der Waals surface area contributed by atoms with E-state index in [1.807, 2.05) is 13.8 Å². The van der Waals surface area contributed by atoms with Crippen LogP contribution in [-0.2, 0) is 65.3 Å². The number of hydrogen-bond acceptors (Lipinski definition) is 16. The van der Waals surface area contributed by atoms with Gasteiger partial charge < -0.3 is 41.4 Å². The molecular formula is C48H81N2O14PS2Si2. The number of β-lactam (4-membered cyclic amide) rings is 2. The molecule has 0 N–H and O–H groups in total. The lowest BCUT2D eigenvalue weighted by Gasteiger charge is -2.51. The first-order valence-electron chi connectivity index (χ1n) is 24.3. The second-order valence-corrected chi connectivity index (χ2v) is 34.5. The van der Waals surface area contributed by atoms with Crippen molar-refractivity contribution >= 4 is 82.0 Å². The first-order chi connectivity index (χ1) is 32.2. The van der Waals surface area contributed by atoms with Gasteiger partial charge in [-0.2, -0.15) is 0 Å². The molecule has 0 spiro atoms. The summed E-state index contributed by atoms with van der Waals surface area (Å²) in [5.41, 5.74) is 0.202. The molecular weight excluding hydrogens is 980 g/mol. The van der Waals surface area contributed by atoms with Crippen molar-refractivity contribution in [2.75, 3.05) is 46.2 Å². The molecule has 4 fully saturated rings. The van der Waals surface area contributed by atoms with E-state index in [0.29, 0.717) is 25.3 Å². The summed E-state index contributed by atoms with van der Waals surface area (Å²) in [5.74, 6) is -2.70. The monoisotopic (exact) mass is 1060 g/mol. The molecule has 0 bridgehead atoms. The Morgan fingerprint density at radius 3 is 1.77 bits per heavy atom. The van der Waals surface area contributed by atoms with E-state index in [2.05, 4.69) is 80.9 Å². The Hall–Kier alpha value is -2.08. The van der Waals surface area contributed by atoms with Crippen LogP contribution in [0, 0.1) is 11.8 Å². The Morgan fingerprint density at radius 1 is 0.797 bits per heavy atom. The van der Waals surface area contributed by atoms with Crippen molar-refractivity contribution in [2.24, 2.45) is 11.8 Å². The number of esters is 2. The normalized spacial score (nSPS) is 25.0. The summed E-state index contributed by atoms with van der Waals surface area (Å²) in [6, 6.07) is 0. The van der Waals surface area contributed by atoms with E-state index >= 15 is 0 Å². The van der Waals surface area contributed by atoms with Crippen molar-refractivity contribution in [1.29, 1.82) is 0 Å². The van der Waals surface area contributed by atoms with Crippen LogP contribution in [0.1, 0.15) is 102 Å². The van der Waals surface area contributed by atoms with E-state index in [-0.39, 0.29) is 89.0 Å². The fourth-order valence-corrected chi connectivity index (χ4v) is 16.4. The highest BCUT2D eigenvalue weighted by Gasteiger charge is 2.61. The summed E-state index contributed by atoms with van der Waals surface area (Å²) in [4.78, 5) is 70.6. The number of rotatable bonds is 22. The predicted octanol–water partition coefficient (Wildman–Crippen LogP) is 9.40. The number of nitrogens with zero attached hydrogens (tertiary/aromatic N) is 2. The minimum atomic E-state index is -3.57. The average Bonchev–Trinajstić information content (AvgIpc) is 4.05. The van der Waals surface area contributed by atoms with Gasteiger partial charge in [-0.25, -0.2) is 9.59 Å². The number of ether oxygens (including phenoxy) is 4. The molecule has 392 valence electrons. The topological polar surface area (TPSA) is 175 Å². The van der Waals surface area contributed by atoms with Gasteiger partial charge in [0.1, 0.15) is 35.8 Å². The van der Waals surface area contributed by atoms with Crippen molar-refractivity contribution < 1.29 is 65.3 Å². The van der Waals surface area contributed by atoms with Gasteiger partial charge >= 0.3 is 11.9 Å². The van der Waals surface area contributed by atoms with E-state index < -0.39 is 59.6 Å². The van der Waals surface area contributed by atoms with E-state index in [1.54, 1.807) is 37.4 Å². The Bertz CT molecular complexity index is 1950. The molecule has 2 unspecified atom stereocenters. The van der Waals surface area contributed by atoms with Crippen LogP contribution in [0.25, 0.3) is 0 Å². The van der Waals surface area contributed by atoms with Gasteiger partial charge in [0, 0.05) is 18.1 Å². The van der Waals surface area contributed by atoms with Gasteiger partial charge in [-0.3, -0.25) is 24.2 Å². The van der Waals surface area contributed by atoms with Crippen LogP contribution in [0.2, 0.25) is 36.3 Å². The number of amides is 2. The minimum absolute atomic E-state index is 0.0627. The Labute approximate surface area is 422 Å². The first kappa shape index (κ1) is 59.5. The fourth-order valence-electron chi connectivity index (χ4n) is 8.01. The van der Waals surface area contributed by atoms with Crippen LogP contribution in [0.15, 0.2) is 35.9 Å². The quantitative estimate of drug-likeness (QED) is 0.0329. The molecule has 5 heterocycles. The molecule has 16 nitrogen and oxygen atoms in total. The van der Waals surface area contributed by atoms with E-state index in [4.69, 9.17) is 41.4 Å². The summed E-state index contributed by atoms with van der Waals surface area (Å²) in [7, 11) is -7.84. The summed E-state index contributed by atoms with van der Waals surface area (Å²) in [6.45, 7) is 39.6. The highest BCUT2D eigenvalue weighted by atomic mass is 32.2. The minimum Gasteiger partial charge on any atom is -0.457 e. The lowest BCUT2D eigenvalue weighted by Crippen LogP contribution is -2.68. The first-order valence-corrected chi connectivity index (χ1v) is 33.4. The Balaban J connectivity index is 0.000000315. The van der Waals surface area contributed by atoms with Crippen molar-refractivity contribution in [1.82, 2.24) is 9.80 Å². The average molecular weight is 1060 g/mol. The van der Waals surface area contributed by atoms with Gasteiger partial charge in [-0.1, -0.05) is 90.4 Å². The number of carbonyl (C=O) groups excluding carboxylic acids is 5. The summed E-state index contributed by atoms with van der Waals surface area (Å²) in [5, 5.41) is -1.12. The Kier molecular flexibility index (Phi) is 21.4. The molecule has 69 heavy (non-hydrogen) atoms.